The molecule has 2 N–H and O–H groups in total. The minimum atomic E-state index is 0.370. The Kier molecular flexibility index (Phi) is 2.89. The summed E-state index contributed by atoms with van der Waals surface area (Å²) >= 11 is 0. The maximum atomic E-state index is 4.37. The van der Waals surface area contributed by atoms with Gasteiger partial charge in [0.25, 0.3) is 0 Å². The van der Waals surface area contributed by atoms with E-state index in [2.05, 4.69) is 58.9 Å². The standard InChI is InChI=1S/C15H17N3/c1-11(12-6-3-2-4-7-12)14-10-17-13-8-5-9-16-15(13)18-14/h2-9,11,14,17H,10H2,1H3,(H,16,18)/t11-,14+/m1/s1. The number of hydrogen-bond donors (Lipinski definition) is 2. The highest BCUT2D eigenvalue weighted by Gasteiger charge is 2.23. The minimum Gasteiger partial charge on any atom is -0.380 e. The van der Waals surface area contributed by atoms with Crippen molar-refractivity contribution in [2.24, 2.45) is 0 Å². The molecule has 0 radical (unpaired) electrons. The summed E-state index contributed by atoms with van der Waals surface area (Å²) in [6.45, 7) is 3.18. The molecule has 0 unspecified atom stereocenters. The number of nitrogens with zero attached hydrogens (tertiary/aromatic N) is 1. The van der Waals surface area contributed by atoms with E-state index in [1.807, 2.05) is 12.3 Å². The largest absolute Gasteiger partial charge is 0.380 e. The SMILES string of the molecule is C[C@H](c1ccccc1)[C@@H]1CNc2cccnc2N1. The second kappa shape index (κ2) is 4.69. The highest BCUT2D eigenvalue weighted by atomic mass is 15.1. The first-order valence-electron chi connectivity index (χ1n) is 6.35. The maximum Gasteiger partial charge on any atom is 0.149 e. The molecule has 3 heteroatoms. The van der Waals surface area contributed by atoms with Crippen LogP contribution in [0.25, 0.3) is 0 Å². The van der Waals surface area contributed by atoms with Crippen LogP contribution in [-0.2, 0) is 0 Å². The van der Waals surface area contributed by atoms with Crippen LogP contribution in [0.2, 0.25) is 0 Å². The Morgan fingerprint density at radius 2 is 2.00 bits per heavy atom. The Hall–Kier alpha value is -2.03. The molecule has 0 fully saturated rings. The van der Waals surface area contributed by atoms with E-state index >= 15 is 0 Å². The van der Waals surface area contributed by atoms with E-state index in [0.29, 0.717) is 12.0 Å². The molecule has 18 heavy (non-hydrogen) atoms. The van der Waals surface area contributed by atoms with Crippen molar-refractivity contribution in [2.45, 2.75) is 18.9 Å². The molecule has 0 spiro atoms. The Morgan fingerprint density at radius 1 is 1.17 bits per heavy atom. The van der Waals surface area contributed by atoms with Crippen LogP contribution in [0.5, 0.6) is 0 Å². The van der Waals surface area contributed by atoms with Crippen molar-refractivity contribution in [1.82, 2.24) is 4.98 Å². The second-order valence-electron chi connectivity index (χ2n) is 4.73. The lowest BCUT2D eigenvalue weighted by Gasteiger charge is -2.31. The molecule has 0 aliphatic carbocycles. The molecule has 2 heterocycles. The van der Waals surface area contributed by atoms with Gasteiger partial charge in [0, 0.05) is 18.7 Å². The predicted octanol–water partition coefficient (Wildman–Crippen LogP) is 3.09. The molecular weight excluding hydrogens is 222 g/mol. The number of nitrogens with one attached hydrogen (secondary N) is 2. The zero-order valence-electron chi connectivity index (χ0n) is 10.4. The summed E-state index contributed by atoms with van der Waals surface area (Å²) in [6.07, 6.45) is 1.82. The normalized spacial score (nSPS) is 19.3. The highest BCUT2D eigenvalue weighted by molar-refractivity contribution is 5.66. The van der Waals surface area contributed by atoms with Crippen molar-refractivity contribution in [3.8, 4) is 0 Å². The number of benzene rings is 1. The van der Waals surface area contributed by atoms with E-state index in [9.17, 15) is 0 Å². The van der Waals surface area contributed by atoms with E-state index < -0.39 is 0 Å². The molecule has 3 rings (SSSR count). The lowest BCUT2D eigenvalue weighted by molar-refractivity contribution is 0.615. The molecule has 0 bridgehead atoms. The summed E-state index contributed by atoms with van der Waals surface area (Å²) < 4.78 is 0. The fourth-order valence-electron chi connectivity index (χ4n) is 2.40. The Labute approximate surface area is 107 Å². The first-order chi connectivity index (χ1) is 8.84. The summed E-state index contributed by atoms with van der Waals surface area (Å²) in [7, 11) is 0. The van der Waals surface area contributed by atoms with Gasteiger partial charge in [0.1, 0.15) is 5.82 Å². The fraction of sp³-hybridized carbons (Fsp3) is 0.267. The van der Waals surface area contributed by atoms with Gasteiger partial charge >= 0.3 is 0 Å². The first-order valence-corrected chi connectivity index (χ1v) is 6.35. The molecule has 2 aromatic rings. The van der Waals surface area contributed by atoms with E-state index in [-0.39, 0.29) is 0 Å². The average Bonchev–Trinajstić information content (AvgIpc) is 2.47. The van der Waals surface area contributed by atoms with Crippen molar-refractivity contribution in [3.05, 3.63) is 54.2 Å². The first kappa shape index (κ1) is 11.1. The zero-order valence-corrected chi connectivity index (χ0v) is 10.4. The molecule has 3 nitrogen and oxygen atoms in total. The Bertz CT molecular complexity index is 524. The molecule has 92 valence electrons. The van der Waals surface area contributed by atoms with Crippen LogP contribution in [0, 0.1) is 0 Å². The number of hydrogen-bond acceptors (Lipinski definition) is 3. The van der Waals surface area contributed by atoms with Gasteiger partial charge in [0.15, 0.2) is 0 Å². The molecule has 0 amide bonds. The lowest BCUT2D eigenvalue weighted by Crippen LogP contribution is -2.37. The van der Waals surface area contributed by atoms with E-state index in [1.165, 1.54) is 5.56 Å². The van der Waals surface area contributed by atoms with Crippen LogP contribution in [0.3, 0.4) is 0 Å². The molecule has 1 aromatic carbocycles. The van der Waals surface area contributed by atoms with Gasteiger partial charge in [-0.1, -0.05) is 37.3 Å². The lowest BCUT2D eigenvalue weighted by atomic mass is 9.92. The number of aromatic nitrogens is 1. The average molecular weight is 239 g/mol. The number of anilines is 2. The monoisotopic (exact) mass is 239 g/mol. The summed E-state index contributed by atoms with van der Waals surface area (Å²) in [6, 6.07) is 15.0. The molecule has 1 aliphatic heterocycles. The predicted molar refractivity (Wildman–Crippen MR) is 75.0 cm³/mol. The van der Waals surface area contributed by atoms with E-state index in [0.717, 1.165) is 18.1 Å². The topological polar surface area (TPSA) is 37.0 Å². The Balaban J connectivity index is 1.80. The van der Waals surface area contributed by atoms with Crippen LogP contribution in [0.1, 0.15) is 18.4 Å². The second-order valence-corrected chi connectivity index (χ2v) is 4.73. The van der Waals surface area contributed by atoms with Gasteiger partial charge in [-0.05, 0) is 17.7 Å². The molecule has 0 saturated heterocycles. The summed E-state index contributed by atoms with van der Waals surface area (Å²) in [5.41, 5.74) is 2.45. The van der Waals surface area contributed by atoms with Crippen molar-refractivity contribution in [2.75, 3.05) is 17.2 Å². The van der Waals surface area contributed by atoms with Gasteiger partial charge in [-0.25, -0.2) is 4.98 Å². The van der Waals surface area contributed by atoms with Crippen molar-refractivity contribution in [1.29, 1.82) is 0 Å². The zero-order chi connectivity index (χ0) is 12.4. The maximum absolute atomic E-state index is 4.37. The molecule has 0 saturated carbocycles. The smallest absolute Gasteiger partial charge is 0.149 e. The summed E-state index contributed by atoms with van der Waals surface area (Å²) in [5.74, 6) is 1.41. The molecule has 2 atom stereocenters. The third-order valence-electron chi connectivity index (χ3n) is 3.57. The number of rotatable bonds is 2. The third kappa shape index (κ3) is 2.04. The van der Waals surface area contributed by atoms with Gasteiger partial charge in [-0.3, -0.25) is 0 Å². The third-order valence-corrected chi connectivity index (χ3v) is 3.57. The highest BCUT2D eigenvalue weighted by Crippen LogP contribution is 2.28. The van der Waals surface area contributed by atoms with Crippen LogP contribution in [-0.4, -0.2) is 17.6 Å². The van der Waals surface area contributed by atoms with Gasteiger partial charge in [0.2, 0.25) is 0 Å². The van der Waals surface area contributed by atoms with E-state index in [4.69, 9.17) is 0 Å². The Morgan fingerprint density at radius 3 is 2.83 bits per heavy atom. The quantitative estimate of drug-likeness (QED) is 0.845. The minimum absolute atomic E-state index is 0.370. The van der Waals surface area contributed by atoms with E-state index in [1.54, 1.807) is 0 Å². The van der Waals surface area contributed by atoms with Crippen LogP contribution < -0.4 is 10.6 Å². The molecule has 1 aliphatic rings. The summed E-state index contributed by atoms with van der Waals surface area (Å²) in [5, 5.41) is 6.96. The van der Waals surface area contributed by atoms with Gasteiger partial charge in [-0.15, -0.1) is 0 Å². The van der Waals surface area contributed by atoms with Crippen LogP contribution in [0.4, 0.5) is 11.5 Å². The van der Waals surface area contributed by atoms with Gasteiger partial charge < -0.3 is 10.6 Å². The number of pyridine rings is 1. The van der Waals surface area contributed by atoms with Crippen LogP contribution in [0.15, 0.2) is 48.7 Å². The van der Waals surface area contributed by atoms with Crippen LogP contribution >= 0.6 is 0 Å². The van der Waals surface area contributed by atoms with Crippen molar-refractivity contribution in [3.63, 3.8) is 0 Å². The van der Waals surface area contributed by atoms with Crippen molar-refractivity contribution < 1.29 is 0 Å². The molecular formula is C15H17N3. The molecule has 1 aromatic heterocycles. The fourth-order valence-corrected chi connectivity index (χ4v) is 2.40. The number of fused-ring (bicyclic) bond motifs is 1. The van der Waals surface area contributed by atoms with Gasteiger partial charge in [-0.2, -0.15) is 0 Å². The summed E-state index contributed by atoms with van der Waals surface area (Å²) in [4.78, 5) is 4.37. The van der Waals surface area contributed by atoms with Crippen molar-refractivity contribution >= 4 is 11.5 Å². The van der Waals surface area contributed by atoms with Gasteiger partial charge in [0.05, 0.1) is 11.7 Å².